The van der Waals surface area contributed by atoms with Crippen LogP contribution in [0, 0.1) is 0 Å². The van der Waals surface area contributed by atoms with Crippen molar-refractivity contribution >= 4 is 86.7 Å². The number of hydrogen-bond acceptors (Lipinski definition) is 5. The molecule has 3 heterocycles. The van der Waals surface area contributed by atoms with E-state index in [4.69, 9.17) is 14.4 Å². The van der Waals surface area contributed by atoms with Crippen LogP contribution in [0.25, 0.3) is 85.9 Å². The summed E-state index contributed by atoms with van der Waals surface area (Å²) < 4.78 is 8.95. The molecule has 0 amide bonds. The number of thiophene rings is 1. The van der Waals surface area contributed by atoms with Gasteiger partial charge in [-0.05, 0) is 85.8 Å². The molecular formula is C53H33N3OS. The Morgan fingerprint density at radius 2 is 1.09 bits per heavy atom. The van der Waals surface area contributed by atoms with Gasteiger partial charge < -0.3 is 9.73 Å². The Bertz CT molecular complexity index is 3490. The maximum Gasteiger partial charge on any atom is 0.169 e. The summed E-state index contributed by atoms with van der Waals surface area (Å²) in [6.45, 7) is 0. The predicted octanol–water partition coefficient (Wildman–Crippen LogP) is 14.1. The molecule has 1 aliphatic heterocycles. The minimum atomic E-state index is -0.419. The standard InChI is InChI=1S/C53H33N3OS/c1-2-11-35(12-3-1)51-54-52(56-53(55-51)43-17-8-16-42-41-14-6-7-19-48(41)58-50(42)43)36-25-22-33(23-26-36)40-15-9-18-47-49(40)45-31-38(28-29-46(45)57-47)37-27-24-34-21-20-32-10-4-5-13-39(32)44(34)30-37/h1-31,52H,(H,54,55,56). The Morgan fingerprint density at radius 1 is 0.431 bits per heavy atom. The second-order valence-corrected chi connectivity index (χ2v) is 16.0. The Balaban J connectivity index is 0.945. The molecule has 5 heteroatoms. The lowest BCUT2D eigenvalue weighted by Crippen LogP contribution is -2.36. The van der Waals surface area contributed by atoms with Gasteiger partial charge in [0.05, 0.1) is 0 Å². The highest BCUT2D eigenvalue weighted by Gasteiger charge is 2.23. The zero-order valence-electron chi connectivity index (χ0n) is 31.2. The highest BCUT2D eigenvalue weighted by atomic mass is 32.1. The van der Waals surface area contributed by atoms with Crippen molar-refractivity contribution in [1.82, 2.24) is 5.32 Å². The summed E-state index contributed by atoms with van der Waals surface area (Å²) in [4.78, 5) is 10.5. The van der Waals surface area contributed by atoms with Crippen molar-refractivity contribution in [2.75, 3.05) is 0 Å². The van der Waals surface area contributed by atoms with Gasteiger partial charge in [0.1, 0.15) is 22.8 Å². The van der Waals surface area contributed by atoms with E-state index in [0.29, 0.717) is 0 Å². The van der Waals surface area contributed by atoms with Crippen LogP contribution in [0.5, 0.6) is 0 Å². The maximum absolute atomic E-state index is 6.47. The molecule has 1 N–H and O–H groups in total. The average Bonchev–Trinajstić information content (AvgIpc) is 3.87. The van der Waals surface area contributed by atoms with Gasteiger partial charge in [0.15, 0.2) is 6.17 Å². The SMILES string of the molecule is c1ccc(C2=NC(c3ccc(-c4cccc5oc6ccc(-c7ccc8ccc9ccccc9c8c7)cc6c45)cc3)N=C(c3cccc4c3sc3ccccc34)N2)cc1. The molecule has 1 atom stereocenters. The lowest BCUT2D eigenvalue weighted by molar-refractivity contribution is 0.669. The average molecular weight is 760 g/mol. The van der Waals surface area contributed by atoms with Crippen molar-refractivity contribution in [2.45, 2.75) is 6.17 Å². The lowest BCUT2D eigenvalue weighted by Gasteiger charge is -2.23. The summed E-state index contributed by atoms with van der Waals surface area (Å²) in [5.74, 6) is 1.63. The number of nitrogens with zero attached hydrogens (tertiary/aromatic N) is 2. The molecule has 4 nitrogen and oxygen atoms in total. The molecule has 0 saturated carbocycles. The number of rotatable bonds is 5. The molecule has 272 valence electrons. The molecule has 0 saturated heterocycles. The summed E-state index contributed by atoms with van der Waals surface area (Å²) in [6, 6.07) is 66.9. The first-order chi connectivity index (χ1) is 28.7. The number of aliphatic imine (C=N–C) groups is 2. The van der Waals surface area contributed by atoms with Crippen LogP contribution in [-0.4, -0.2) is 11.7 Å². The number of hydrogen-bond donors (Lipinski definition) is 1. The van der Waals surface area contributed by atoms with E-state index < -0.39 is 6.17 Å². The zero-order valence-corrected chi connectivity index (χ0v) is 32.0. The highest BCUT2D eigenvalue weighted by molar-refractivity contribution is 7.26. The van der Waals surface area contributed by atoms with E-state index in [1.165, 1.54) is 47.3 Å². The third kappa shape index (κ3) is 5.36. The number of benzene rings is 9. The fourth-order valence-corrected chi connectivity index (χ4v) is 9.89. The molecule has 2 aromatic heterocycles. The van der Waals surface area contributed by atoms with Gasteiger partial charge in [-0.15, -0.1) is 11.3 Å². The third-order valence-electron chi connectivity index (χ3n) is 11.5. The number of nitrogens with one attached hydrogen (secondary N) is 1. The van der Waals surface area contributed by atoms with E-state index >= 15 is 0 Å². The van der Waals surface area contributed by atoms with Crippen molar-refractivity contribution in [3.05, 3.63) is 205 Å². The largest absolute Gasteiger partial charge is 0.456 e. The summed E-state index contributed by atoms with van der Waals surface area (Å²) in [7, 11) is 0. The smallest absolute Gasteiger partial charge is 0.169 e. The Labute approximate surface area is 338 Å². The van der Waals surface area contributed by atoms with E-state index in [2.05, 4.69) is 175 Å². The topological polar surface area (TPSA) is 49.9 Å². The minimum absolute atomic E-state index is 0.419. The Kier molecular flexibility index (Phi) is 7.43. The highest BCUT2D eigenvalue weighted by Crippen LogP contribution is 2.41. The molecule has 12 rings (SSSR count). The third-order valence-corrected chi connectivity index (χ3v) is 12.8. The van der Waals surface area contributed by atoms with E-state index in [-0.39, 0.29) is 0 Å². The van der Waals surface area contributed by atoms with Gasteiger partial charge in [-0.3, -0.25) is 0 Å². The first-order valence-electron chi connectivity index (χ1n) is 19.6. The fraction of sp³-hybridized carbons (Fsp3) is 0.0189. The lowest BCUT2D eigenvalue weighted by atomic mass is 9.95. The summed E-state index contributed by atoms with van der Waals surface area (Å²) in [5.41, 5.74) is 9.46. The van der Waals surface area contributed by atoms with Crippen LogP contribution < -0.4 is 5.32 Å². The zero-order chi connectivity index (χ0) is 38.2. The Morgan fingerprint density at radius 3 is 1.97 bits per heavy atom. The van der Waals surface area contributed by atoms with E-state index in [1.807, 2.05) is 29.5 Å². The van der Waals surface area contributed by atoms with E-state index in [9.17, 15) is 0 Å². The van der Waals surface area contributed by atoms with Crippen LogP contribution in [0.4, 0.5) is 0 Å². The molecule has 0 bridgehead atoms. The molecule has 1 unspecified atom stereocenters. The number of amidine groups is 2. The van der Waals surface area contributed by atoms with Crippen molar-refractivity contribution in [3.63, 3.8) is 0 Å². The van der Waals surface area contributed by atoms with Crippen molar-refractivity contribution in [1.29, 1.82) is 0 Å². The van der Waals surface area contributed by atoms with Crippen LogP contribution in [0.2, 0.25) is 0 Å². The first-order valence-corrected chi connectivity index (χ1v) is 20.4. The van der Waals surface area contributed by atoms with E-state index in [0.717, 1.165) is 67.0 Å². The predicted molar refractivity (Wildman–Crippen MR) is 244 cm³/mol. The van der Waals surface area contributed by atoms with Crippen LogP contribution in [-0.2, 0) is 0 Å². The monoisotopic (exact) mass is 759 g/mol. The van der Waals surface area contributed by atoms with Crippen molar-refractivity contribution in [3.8, 4) is 22.3 Å². The summed E-state index contributed by atoms with van der Waals surface area (Å²) in [5, 5.41) is 13.4. The first kappa shape index (κ1) is 32.9. The molecule has 0 radical (unpaired) electrons. The van der Waals surface area contributed by atoms with E-state index in [1.54, 1.807) is 0 Å². The van der Waals surface area contributed by atoms with Gasteiger partial charge >= 0.3 is 0 Å². The number of furan rings is 1. The van der Waals surface area contributed by atoms with Gasteiger partial charge in [0.2, 0.25) is 0 Å². The summed E-state index contributed by atoms with van der Waals surface area (Å²) in [6.07, 6.45) is -0.419. The second-order valence-electron chi connectivity index (χ2n) is 14.9. The molecule has 11 aromatic rings. The van der Waals surface area contributed by atoms with Crippen LogP contribution in [0.3, 0.4) is 0 Å². The van der Waals surface area contributed by atoms with Gasteiger partial charge in [-0.2, -0.15) is 0 Å². The van der Waals surface area contributed by atoms with Gasteiger partial charge in [0, 0.05) is 42.1 Å². The van der Waals surface area contributed by atoms with Gasteiger partial charge in [-0.1, -0.05) is 152 Å². The molecular weight excluding hydrogens is 727 g/mol. The quantitative estimate of drug-likeness (QED) is 0.178. The molecule has 1 aliphatic rings. The molecule has 9 aromatic carbocycles. The van der Waals surface area contributed by atoms with Crippen LogP contribution in [0.1, 0.15) is 22.9 Å². The van der Waals surface area contributed by atoms with Crippen LogP contribution >= 0.6 is 11.3 Å². The van der Waals surface area contributed by atoms with Gasteiger partial charge in [0.25, 0.3) is 0 Å². The van der Waals surface area contributed by atoms with Crippen molar-refractivity contribution in [2.24, 2.45) is 9.98 Å². The molecule has 0 fully saturated rings. The van der Waals surface area contributed by atoms with Gasteiger partial charge in [-0.25, -0.2) is 9.98 Å². The number of fused-ring (bicyclic) bond motifs is 9. The normalized spacial score (nSPS) is 14.4. The molecule has 0 spiro atoms. The molecule has 0 aliphatic carbocycles. The van der Waals surface area contributed by atoms with Crippen molar-refractivity contribution < 1.29 is 4.42 Å². The maximum atomic E-state index is 6.47. The van der Waals surface area contributed by atoms with Crippen LogP contribution in [0.15, 0.2) is 202 Å². The second kappa shape index (κ2) is 13.1. The minimum Gasteiger partial charge on any atom is -0.456 e. The Hall–Kier alpha value is -7.34. The molecule has 58 heavy (non-hydrogen) atoms. The summed E-state index contributed by atoms with van der Waals surface area (Å²) >= 11 is 1.81. The fourth-order valence-electron chi connectivity index (χ4n) is 8.68.